The van der Waals surface area contributed by atoms with Gasteiger partial charge in [-0.25, -0.2) is 9.97 Å². The Morgan fingerprint density at radius 1 is 0.760 bits per heavy atom. The first-order valence-corrected chi connectivity index (χ1v) is 16.3. The summed E-state index contributed by atoms with van der Waals surface area (Å²) in [7, 11) is 1.84. The number of aryl methyl sites for hydroxylation is 6. The van der Waals surface area contributed by atoms with Gasteiger partial charge in [0.2, 0.25) is 17.8 Å². The second-order valence-electron chi connectivity index (χ2n) is 11.8. The summed E-state index contributed by atoms with van der Waals surface area (Å²) >= 11 is 0. The fourth-order valence-corrected chi connectivity index (χ4v) is 6.08. The summed E-state index contributed by atoms with van der Waals surface area (Å²) in [5.41, 5.74) is 12.0. The SMILES string of the molecule is C.CCn1nc(C)cc1C(=O)Nc1nc2cc(C(N)=O)ccc2n1CCCCn1c(NC(=O)c2cc(C)nn2CC)nc2c(NC)cccc21. The van der Waals surface area contributed by atoms with Crippen LogP contribution >= 0.6 is 0 Å². The van der Waals surface area contributed by atoms with Gasteiger partial charge in [0.05, 0.1) is 33.6 Å². The van der Waals surface area contributed by atoms with Crippen molar-refractivity contribution in [2.24, 2.45) is 5.73 Å². The molecule has 5 N–H and O–H groups in total. The number of imidazole rings is 2. The van der Waals surface area contributed by atoms with Crippen molar-refractivity contribution in [1.29, 1.82) is 0 Å². The molecular formula is C35H44N12O3. The van der Waals surface area contributed by atoms with Gasteiger partial charge in [-0.15, -0.1) is 0 Å². The van der Waals surface area contributed by atoms with Crippen LogP contribution in [0, 0.1) is 13.8 Å². The second kappa shape index (κ2) is 14.6. The van der Waals surface area contributed by atoms with E-state index in [1.165, 1.54) is 0 Å². The minimum atomic E-state index is -0.560. The lowest BCUT2D eigenvalue weighted by Crippen LogP contribution is -2.20. The Morgan fingerprint density at radius 3 is 1.86 bits per heavy atom. The monoisotopic (exact) mass is 680 g/mol. The zero-order valence-electron chi connectivity index (χ0n) is 28.2. The lowest BCUT2D eigenvalue weighted by Gasteiger charge is -2.13. The number of nitrogens with two attached hydrogens (primary N) is 1. The average molecular weight is 681 g/mol. The molecule has 0 saturated heterocycles. The first-order valence-electron chi connectivity index (χ1n) is 16.3. The summed E-state index contributed by atoms with van der Waals surface area (Å²) in [6, 6.07) is 14.4. The Labute approximate surface area is 289 Å². The summed E-state index contributed by atoms with van der Waals surface area (Å²) in [5.74, 6) is -0.391. The number of carbonyl (C=O) groups is 3. The smallest absolute Gasteiger partial charge is 0.276 e. The van der Waals surface area contributed by atoms with Crippen molar-refractivity contribution in [2.45, 2.75) is 74.1 Å². The van der Waals surface area contributed by atoms with E-state index in [0.29, 0.717) is 73.4 Å². The van der Waals surface area contributed by atoms with Crippen LogP contribution in [0.4, 0.5) is 17.6 Å². The van der Waals surface area contributed by atoms with Crippen LogP contribution < -0.4 is 21.7 Å². The van der Waals surface area contributed by atoms with E-state index in [4.69, 9.17) is 10.7 Å². The molecule has 0 unspecified atom stereocenters. The van der Waals surface area contributed by atoms with Crippen LogP contribution in [0.25, 0.3) is 22.1 Å². The van der Waals surface area contributed by atoms with Gasteiger partial charge in [-0.3, -0.25) is 34.4 Å². The Balaban J connectivity index is 0.00000486. The molecule has 3 amide bonds. The standard InChI is InChI=1S/C34H40N12O3.CH4/c1-6-45-27(17-20(3)41-45)31(48)39-33-37-24-19-22(30(35)47)13-14-25(24)43(33)15-8-9-16-44-26-12-10-11-23(36-5)29(26)38-34(44)40-32(49)28-18-21(4)42-46(28)7-2;/h10-14,17-19,36H,6-9,15-16H2,1-5H3,(H2,35,47)(H,37,39,48)(H,38,40,49);1H4. The molecule has 262 valence electrons. The van der Waals surface area contributed by atoms with Gasteiger partial charge >= 0.3 is 0 Å². The highest BCUT2D eigenvalue weighted by Gasteiger charge is 2.21. The number of aromatic nitrogens is 8. The zero-order chi connectivity index (χ0) is 34.8. The number of benzene rings is 2. The van der Waals surface area contributed by atoms with E-state index in [0.717, 1.165) is 33.6 Å². The van der Waals surface area contributed by atoms with Crippen LogP contribution in [0.3, 0.4) is 0 Å². The van der Waals surface area contributed by atoms with Crippen molar-refractivity contribution in [2.75, 3.05) is 23.0 Å². The summed E-state index contributed by atoms with van der Waals surface area (Å²) in [6.45, 7) is 9.73. The topological polar surface area (TPSA) is 185 Å². The fourth-order valence-electron chi connectivity index (χ4n) is 6.08. The van der Waals surface area contributed by atoms with E-state index in [-0.39, 0.29) is 19.2 Å². The van der Waals surface area contributed by atoms with E-state index < -0.39 is 5.91 Å². The normalized spacial score (nSPS) is 11.1. The zero-order valence-corrected chi connectivity index (χ0v) is 28.2. The third kappa shape index (κ3) is 6.79. The molecular weight excluding hydrogens is 636 g/mol. The number of unbranched alkanes of at least 4 members (excludes halogenated alkanes) is 1. The molecule has 0 atom stereocenters. The molecule has 0 fully saturated rings. The Bertz CT molecular complexity index is 2200. The minimum Gasteiger partial charge on any atom is -0.386 e. The van der Waals surface area contributed by atoms with Gasteiger partial charge in [0.15, 0.2) is 0 Å². The van der Waals surface area contributed by atoms with Gasteiger partial charge in [0.1, 0.15) is 16.9 Å². The molecule has 2 aromatic carbocycles. The number of fused-ring (bicyclic) bond motifs is 2. The molecule has 0 aliphatic heterocycles. The summed E-state index contributed by atoms with van der Waals surface area (Å²) < 4.78 is 7.26. The van der Waals surface area contributed by atoms with Gasteiger partial charge in [-0.1, -0.05) is 13.5 Å². The molecule has 15 nitrogen and oxygen atoms in total. The number of para-hydroxylation sites is 1. The summed E-state index contributed by atoms with van der Waals surface area (Å²) in [4.78, 5) is 48.2. The maximum Gasteiger partial charge on any atom is 0.276 e. The molecule has 50 heavy (non-hydrogen) atoms. The number of hydrogen-bond acceptors (Lipinski definition) is 8. The molecule has 4 aromatic heterocycles. The number of nitrogens with one attached hydrogen (secondary N) is 3. The van der Waals surface area contributed by atoms with E-state index >= 15 is 0 Å². The van der Waals surface area contributed by atoms with E-state index in [1.807, 2.05) is 62.1 Å². The molecule has 4 heterocycles. The number of primary amides is 1. The van der Waals surface area contributed by atoms with Crippen molar-refractivity contribution < 1.29 is 14.4 Å². The van der Waals surface area contributed by atoms with Crippen molar-refractivity contribution in [3.8, 4) is 0 Å². The number of nitrogens with zero attached hydrogens (tertiary/aromatic N) is 8. The average Bonchev–Trinajstić information content (AvgIpc) is 3.85. The van der Waals surface area contributed by atoms with Crippen LogP contribution in [-0.2, 0) is 26.2 Å². The maximum atomic E-state index is 13.4. The van der Waals surface area contributed by atoms with Crippen LogP contribution in [0.1, 0.15) is 76.8 Å². The second-order valence-corrected chi connectivity index (χ2v) is 11.8. The Hall–Kier alpha value is -5.99. The number of carbonyl (C=O) groups excluding carboxylic acids is 3. The predicted molar refractivity (Wildman–Crippen MR) is 195 cm³/mol. The van der Waals surface area contributed by atoms with Gasteiger partial charge in [0.25, 0.3) is 11.8 Å². The Morgan fingerprint density at radius 2 is 1.32 bits per heavy atom. The first-order chi connectivity index (χ1) is 23.6. The van der Waals surface area contributed by atoms with E-state index in [1.54, 1.807) is 39.7 Å². The fraction of sp³-hybridized carbons (Fsp3) is 0.343. The third-order valence-corrected chi connectivity index (χ3v) is 8.41. The van der Waals surface area contributed by atoms with Crippen molar-refractivity contribution in [3.63, 3.8) is 0 Å². The third-order valence-electron chi connectivity index (χ3n) is 8.41. The van der Waals surface area contributed by atoms with Gasteiger partial charge in [-0.2, -0.15) is 10.2 Å². The molecule has 0 radical (unpaired) electrons. The number of amides is 3. The van der Waals surface area contributed by atoms with Crippen molar-refractivity contribution >= 4 is 57.4 Å². The van der Waals surface area contributed by atoms with Crippen LogP contribution in [-0.4, -0.2) is 63.4 Å². The van der Waals surface area contributed by atoms with E-state index in [9.17, 15) is 14.4 Å². The molecule has 0 bridgehead atoms. The molecule has 6 rings (SSSR count). The lowest BCUT2D eigenvalue weighted by molar-refractivity contribution is 0.0995. The molecule has 15 heteroatoms. The number of anilines is 3. The van der Waals surface area contributed by atoms with Crippen molar-refractivity contribution in [1.82, 2.24) is 38.7 Å². The highest BCUT2D eigenvalue weighted by atomic mass is 16.2. The summed E-state index contributed by atoms with van der Waals surface area (Å²) in [6.07, 6.45) is 1.40. The van der Waals surface area contributed by atoms with Crippen LogP contribution in [0.5, 0.6) is 0 Å². The molecule has 0 spiro atoms. The quantitative estimate of drug-likeness (QED) is 0.120. The van der Waals surface area contributed by atoms with Crippen molar-refractivity contribution in [3.05, 3.63) is 76.9 Å². The largest absolute Gasteiger partial charge is 0.386 e. The van der Waals surface area contributed by atoms with Gasteiger partial charge in [0, 0.05) is 38.8 Å². The van der Waals surface area contributed by atoms with Crippen LogP contribution in [0.15, 0.2) is 48.5 Å². The van der Waals surface area contributed by atoms with Gasteiger partial charge in [-0.05, 0) is 83.0 Å². The molecule has 0 aliphatic carbocycles. The number of hydrogen-bond donors (Lipinski definition) is 4. The van der Waals surface area contributed by atoms with E-state index in [2.05, 4.69) is 31.1 Å². The van der Waals surface area contributed by atoms with Gasteiger partial charge < -0.3 is 20.2 Å². The highest BCUT2D eigenvalue weighted by molar-refractivity contribution is 6.04. The minimum absolute atomic E-state index is 0. The Kier molecular flexibility index (Phi) is 10.3. The van der Waals surface area contributed by atoms with Crippen LogP contribution in [0.2, 0.25) is 0 Å². The lowest BCUT2D eigenvalue weighted by atomic mass is 10.2. The predicted octanol–water partition coefficient (Wildman–Crippen LogP) is 5.20. The first kappa shape index (κ1) is 35.3. The molecule has 0 aliphatic rings. The molecule has 0 saturated carbocycles. The number of rotatable bonds is 13. The molecule has 6 aromatic rings. The highest BCUT2D eigenvalue weighted by Crippen LogP contribution is 2.28. The summed E-state index contributed by atoms with van der Waals surface area (Å²) in [5, 5.41) is 18.0. The maximum absolute atomic E-state index is 13.4.